The summed E-state index contributed by atoms with van der Waals surface area (Å²) in [4.78, 5) is 20.2. The second-order valence-corrected chi connectivity index (χ2v) is 11.3. The van der Waals surface area contributed by atoms with Gasteiger partial charge in [-0.05, 0) is 35.8 Å². The average molecular weight is 480 g/mol. The van der Waals surface area contributed by atoms with E-state index in [-0.39, 0.29) is 23.6 Å². The van der Waals surface area contributed by atoms with E-state index < -0.39 is 10.0 Å². The summed E-state index contributed by atoms with van der Waals surface area (Å²) in [7, 11) is -3.27. The third-order valence-electron chi connectivity index (χ3n) is 6.68. The first-order valence-electron chi connectivity index (χ1n) is 12.1. The molecule has 1 aliphatic rings. The lowest BCUT2D eigenvalue weighted by Crippen LogP contribution is -2.53. The Hall–Kier alpha value is -2.77. The van der Waals surface area contributed by atoms with Gasteiger partial charge in [0, 0.05) is 37.3 Å². The molecule has 0 spiro atoms. The molecule has 0 aliphatic carbocycles. The van der Waals surface area contributed by atoms with Gasteiger partial charge in [0.25, 0.3) is 5.91 Å². The molecule has 3 aromatic rings. The van der Waals surface area contributed by atoms with Gasteiger partial charge < -0.3 is 4.90 Å². The molecule has 0 saturated carbocycles. The molecule has 0 N–H and O–H groups in total. The van der Waals surface area contributed by atoms with Crippen LogP contribution >= 0.6 is 0 Å². The van der Waals surface area contributed by atoms with Gasteiger partial charge >= 0.3 is 0 Å². The van der Waals surface area contributed by atoms with E-state index in [0.29, 0.717) is 38.2 Å². The number of amides is 1. The number of piperidine rings is 1. The molecule has 180 valence electrons. The minimum absolute atomic E-state index is 0.0123. The average Bonchev–Trinajstić information content (AvgIpc) is 2.86. The standard InChI is InChI=1S/C27H33N3O3S/c1-3-4-16-34(32,33)29-15-14-26(21(2)19-29)30(20-22-10-6-5-7-11-22)27(31)25-17-23-12-8-9-13-24(23)18-28-25/h5-13,17-18,21,26H,3-4,14-16,19-20H2,1-2H3. The summed E-state index contributed by atoms with van der Waals surface area (Å²) in [6.07, 6.45) is 3.88. The lowest BCUT2D eigenvalue weighted by molar-refractivity contribution is 0.0487. The highest BCUT2D eigenvalue weighted by molar-refractivity contribution is 7.89. The molecule has 1 fully saturated rings. The molecule has 34 heavy (non-hydrogen) atoms. The molecule has 1 aromatic heterocycles. The minimum Gasteiger partial charge on any atom is -0.330 e. The fraction of sp³-hybridized carbons (Fsp3) is 0.407. The zero-order valence-corrected chi connectivity index (χ0v) is 20.7. The molecule has 1 aliphatic heterocycles. The molecular formula is C27H33N3O3S. The summed E-state index contributed by atoms with van der Waals surface area (Å²) >= 11 is 0. The Kier molecular flexibility index (Phi) is 7.63. The predicted octanol–water partition coefficient (Wildman–Crippen LogP) is 4.72. The number of carbonyl (C=O) groups is 1. The monoisotopic (exact) mass is 479 g/mol. The van der Waals surface area contributed by atoms with Gasteiger partial charge in [-0.15, -0.1) is 0 Å². The van der Waals surface area contributed by atoms with Gasteiger partial charge in [-0.1, -0.05) is 74.9 Å². The van der Waals surface area contributed by atoms with Crippen molar-refractivity contribution >= 4 is 26.7 Å². The molecule has 1 amide bonds. The minimum atomic E-state index is -3.27. The number of sulfonamides is 1. The van der Waals surface area contributed by atoms with E-state index in [2.05, 4.69) is 4.98 Å². The molecule has 0 radical (unpaired) electrons. The van der Waals surface area contributed by atoms with E-state index in [0.717, 1.165) is 22.8 Å². The van der Waals surface area contributed by atoms with Crippen molar-refractivity contribution < 1.29 is 13.2 Å². The molecule has 2 aromatic carbocycles. The third-order valence-corrected chi connectivity index (χ3v) is 8.60. The first-order valence-corrected chi connectivity index (χ1v) is 13.7. The van der Waals surface area contributed by atoms with Crippen LogP contribution in [0.1, 0.15) is 49.2 Å². The van der Waals surface area contributed by atoms with E-state index in [9.17, 15) is 13.2 Å². The summed E-state index contributed by atoms with van der Waals surface area (Å²) in [6.45, 7) is 5.38. The highest BCUT2D eigenvalue weighted by Gasteiger charge is 2.37. The molecule has 6 nitrogen and oxygen atoms in total. The molecule has 1 saturated heterocycles. The molecule has 2 unspecified atom stereocenters. The van der Waals surface area contributed by atoms with Gasteiger partial charge in [0.15, 0.2) is 0 Å². The zero-order valence-electron chi connectivity index (χ0n) is 19.9. The summed E-state index contributed by atoms with van der Waals surface area (Å²) in [5.41, 5.74) is 1.46. The van der Waals surface area contributed by atoms with Gasteiger partial charge in [0.2, 0.25) is 10.0 Å². The van der Waals surface area contributed by atoms with E-state index in [4.69, 9.17) is 0 Å². The van der Waals surface area contributed by atoms with Gasteiger partial charge in [-0.25, -0.2) is 12.7 Å². The lowest BCUT2D eigenvalue weighted by atomic mass is 9.92. The number of aromatic nitrogens is 1. The van der Waals surface area contributed by atoms with Crippen molar-refractivity contribution in [2.45, 2.75) is 45.7 Å². The number of pyridine rings is 1. The highest BCUT2D eigenvalue weighted by Crippen LogP contribution is 2.28. The smallest absolute Gasteiger partial charge is 0.273 e. The number of fused-ring (bicyclic) bond motifs is 1. The van der Waals surface area contributed by atoms with E-state index >= 15 is 0 Å². The predicted molar refractivity (Wildman–Crippen MR) is 136 cm³/mol. The third kappa shape index (κ3) is 5.47. The fourth-order valence-electron chi connectivity index (χ4n) is 4.73. The Bertz CT molecular complexity index is 1230. The number of benzene rings is 2. The van der Waals surface area contributed by atoms with Crippen molar-refractivity contribution in [3.63, 3.8) is 0 Å². The second-order valence-electron chi connectivity index (χ2n) is 9.20. The molecule has 2 atom stereocenters. The number of carbonyl (C=O) groups excluding carboxylic acids is 1. The van der Waals surface area contributed by atoms with Crippen LogP contribution < -0.4 is 0 Å². The van der Waals surface area contributed by atoms with Gasteiger partial charge in [-0.2, -0.15) is 0 Å². The van der Waals surface area contributed by atoms with Crippen LogP contribution in [-0.4, -0.2) is 53.4 Å². The Morgan fingerprint density at radius 1 is 1.09 bits per heavy atom. The van der Waals surface area contributed by atoms with Crippen molar-refractivity contribution in [1.82, 2.24) is 14.2 Å². The van der Waals surface area contributed by atoms with Crippen molar-refractivity contribution in [3.8, 4) is 0 Å². The quantitative estimate of drug-likeness (QED) is 0.469. The number of hydrogen-bond acceptors (Lipinski definition) is 4. The maximum absolute atomic E-state index is 13.8. The normalized spacial score (nSPS) is 19.2. The topological polar surface area (TPSA) is 70.6 Å². The number of hydrogen-bond donors (Lipinski definition) is 0. The van der Waals surface area contributed by atoms with Gasteiger partial charge in [-0.3, -0.25) is 9.78 Å². The number of unbranched alkanes of at least 4 members (excludes halogenated alkanes) is 1. The number of nitrogens with zero attached hydrogens (tertiary/aromatic N) is 3. The van der Waals surface area contributed by atoms with Crippen LogP contribution in [0.4, 0.5) is 0 Å². The Morgan fingerprint density at radius 3 is 2.50 bits per heavy atom. The van der Waals surface area contributed by atoms with E-state index in [1.165, 1.54) is 0 Å². The molecular weight excluding hydrogens is 446 g/mol. The first-order chi connectivity index (χ1) is 16.4. The van der Waals surface area contributed by atoms with Crippen molar-refractivity contribution in [1.29, 1.82) is 0 Å². The molecule has 0 bridgehead atoms. The Balaban J connectivity index is 1.60. The summed E-state index contributed by atoms with van der Waals surface area (Å²) in [6, 6.07) is 19.6. The van der Waals surface area contributed by atoms with Crippen LogP contribution in [0.5, 0.6) is 0 Å². The highest BCUT2D eigenvalue weighted by atomic mass is 32.2. The van der Waals surface area contributed by atoms with Crippen LogP contribution in [0.15, 0.2) is 66.9 Å². The van der Waals surface area contributed by atoms with Crippen LogP contribution in [0.25, 0.3) is 10.8 Å². The van der Waals surface area contributed by atoms with Gasteiger partial charge in [0.05, 0.1) is 5.75 Å². The van der Waals surface area contributed by atoms with Gasteiger partial charge in [0.1, 0.15) is 5.69 Å². The second kappa shape index (κ2) is 10.7. The summed E-state index contributed by atoms with van der Waals surface area (Å²) < 4.78 is 27.2. The Labute approximate surface area is 202 Å². The SMILES string of the molecule is CCCCS(=O)(=O)N1CCC(N(Cc2ccccc2)C(=O)c2cc3ccccc3cn2)C(C)C1. The first kappa shape index (κ1) is 24.4. The molecule has 4 rings (SSSR count). The van der Waals surface area contributed by atoms with Crippen LogP contribution in [0.3, 0.4) is 0 Å². The lowest BCUT2D eigenvalue weighted by Gasteiger charge is -2.42. The van der Waals surface area contributed by atoms with Crippen LogP contribution in [-0.2, 0) is 16.6 Å². The van der Waals surface area contributed by atoms with Crippen molar-refractivity contribution in [2.24, 2.45) is 5.92 Å². The Morgan fingerprint density at radius 2 is 1.79 bits per heavy atom. The van der Waals surface area contributed by atoms with Crippen molar-refractivity contribution in [2.75, 3.05) is 18.8 Å². The van der Waals surface area contributed by atoms with E-state index in [1.54, 1.807) is 10.5 Å². The summed E-state index contributed by atoms with van der Waals surface area (Å²) in [5, 5.41) is 1.97. The number of rotatable bonds is 8. The van der Waals surface area contributed by atoms with E-state index in [1.807, 2.05) is 79.4 Å². The van der Waals surface area contributed by atoms with Crippen molar-refractivity contribution in [3.05, 3.63) is 78.1 Å². The fourth-order valence-corrected chi connectivity index (χ4v) is 6.49. The maximum Gasteiger partial charge on any atom is 0.273 e. The zero-order chi connectivity index (χ0) is 24.1. The maximum atomic E-state index is 13.8. The van der Waals surface area contributed by atoms with Crippen LogP contribution in [0, 0.1) is 5.92 Å². The molecule has 7 heteroatoms. The largest absolute Gasteiger partial charge is 0.330 e. The van der Waals surface area contributed by atoms with Crippen LogP contribution in [0.2, 0.25) is 0 Å². The molecule has 2 heterocycles. The summed E-state index contributed by atoms with van der Waals surface area (Å²) in [5.74, 6) is 0.0844.